The standard InChI is InChI=1S/C49H86O9/c1-3-5-7-9-11-13-15-17-19-21-22-23-24-26-28-30-32-34-36-38-45(51)57-43(42-56-49-48(54)47(53)46(52)44(40-50)58-49)41-55-39-37-35-33-31-29-27-25-20-18-16-14-12-10-8-6-4-2/h6,8,11-14,17-20,43-44,46-50,52-54H,3-5,7,9-10,15-16,21-42H2,1-2H3/b8-6-,13-11-,14-12-,19-17-,20-18-. The Kier molecular flexibility index (Phi) is 37.5. The third kappa shape index (κ3) is 30.9. The van der Waals surface area contributed by atoms with Gasteiger partial charge in [-0.3, -0.25) is 4.79 Å². The molecule has 0 amide bonds. The van der Waals surface area contributed by atoms with Crippen molar-refractivity contribution in [3.8, 4) is 0 Å². The zero-order valence-electron chi connectivity index (χ0n) is 36.8. The molecular weight excluding hydrogens is 733 g/mol. The second kappa shape index (κ2) is 40.3. The summed E-state index contributed by atoms with van der Waals surface area (Å²) in [5.74, 6) is -0.325. The monoisotopic (exact) mass is 819 g/mol. The molecule has 4 N–H and O–H groups in total. The molecule has 0 saturated carbocycles. The molecule has 0 aliphatic carbocycles. The van der Waals surface area contributed by atoms with E-state index in [0.717, 1.165) is 70.6 Å². The molecule has 6 unspecified atom stereocenters. The van der Waals surface area contributed by atoms with Gasteiger partial charge < -0.3 is 39.4 Å². The van der Waals surface area contributed by atoms with Gasteiger partial charge in [0.2, 0.25) is 0 Å². The van der Waals surface area contributed by atoms with Crippen molar-refractivity contribution in [2.45, 2.75) is 218 Å². The van der Waals surface area contributed by atoms with E-state index in [4.69, 9.17) is 18.9 Å². The number of carbonyl (C=O) groups excluding carboxylic acids is 1. The maximum atomic E-state index is 12.8. The van der Waals surface area contributed by atoms with E-state index >= 15 is 0 Å². The molecular formula is C49H86O9. The van der Waals surface area contributed by atoms with Crippen molar-refractivity contribution in [3.63, 3.8) is 0 Å². The number of ether oxygens (including phenoxy) is 4. The third-order valence-electron chi connectivity index (χ3n) is 10.4. The highest BCUT2D eigenvalue weighted by atomic mass is 16.7. The SMILES string of the molecule is CC/C=C\C/C=C\C/C=C\CCCCCCCCOCC(COC1OC(CO)C(O)C(O)C1O)OC(=O)CCCCCCCCCCC/C=C\C/C=C\CCCCC. The van der Waals surface area contributed by atoms with Gasteiger partial charge >= 0.3 is 5.97 Å². The van der Waals surface area contributed by atoms with Gasteiger partial charge in [-0.2, -0.15) is 0 Å². The minimum absolute atomic E-state index is 0.123. The Morgan fingerprint density at radius 1 is 0.569 bits per heavy atom. The van der Waals surface area contributed by atoms with Crippen LogP contribution in [0, 0.1) is 0 Å². The Hall–Kier alpha value is -2.11. The van der Waals surface area contributed by atoms with Crippen molar-refractivity contribution in [2.24, 2.45) is 0 Å². The van der Waals surface area contributed by atoms with E-state index < -0.39 is 43.4 Å². The summed E-state index contributed by atoms with van der Waals surface area (Å²) in [6.07, 6.45) is 43.8. The minimum Gasteiger partial charge on any atom is -0.457 e. The van der Waals surface area contributed by atoms with Gasteiger partial charge in [-0.25, -0.2) is 0 Å². The third-order valence-corrected chi connectivity index (χ3v) is 10.4. The second-order valence-electron chi connectivity index (χ2n) is 15.8. The lowest BCUT2D eigenvalue weighted by Gasteiger charge is -2.39. The van der Waals surface area contributed by atoms with Crippen molar-refractivity contribution >= 4 is 5.97 Å². The summed E-state index contributed by atoms with van der Waals surface area (Å²) in [6, 6.07) is 0. The summed E-state index contributed by atoms with van der Waals surface area (Å²) in [6.45, 7) is 4.39. The molecule has 336 valence electrons. The summed E-state index contributed by atoms with van der Waals surface area (Å²) >= 11 is 0. The number of hydrogen-bond acceptors (Lipinski definition) is 9. The van der Waals surface area contributed by atoms with Gasteiger partial charge in [0.15, 0.2) is 6.29 Å². The number of esters is 1. The van der Waals surface area contributed by atoms with Crippen molar-refractivity contribution in [1.82, 2.24) is 0 Å². The first-order chi connectivity index (χ1) is 28.4. The summed E-state index contributed by atoms with van der Waals surface area (Å²) in [4.78, 5) is 12.8. The first-order valence-corrected chi connectivity index (χ1v) is 23.4. The van der Waals surface area contributed by atoms with E-state index in [-0.39, 0.29) is 19.2 Å². The number of allylic oxidation sites excluding steroid dienone is 10. The van der Waals surface area contributed by atoms with E-state index in [1.54, 1.807) is 0 Å². The lowest BCUT2D eigenvalue weighted by atomic mass is 9.99. The molecule has 9 heteroatoms. The maximum absolute atomic E-state index is 12.8. The lowest BCUT2D eigenvalue weighted by Crippen LogP contribution is -2.59. The van der Waals surface area contributed by atoms with E-state index in [1.165, 1.54) is 89.9 Å². The number of aliphatic hydroxyl groups is 4. The average molecular weight is 819 g/mol. The highest BCUT2D eigenvalue weighted by Crippen LogP contribution is 2.22. The fraction of sp³-hybridized carbons (Fsp3) is 0.776. The molecule has 1 heterocycles. The van der Waals surface area contributed by atoms with Gasteiger partial charge in [0.25, 0.3) is 0 Å². The van der Waals surface area contributed by atoms with Crippen molar-refractivity contribution in [1.29, 1.82) is 0 Å². The first kappa shape index (κ1) is 53.9. The maximum Gasteiger partial charge on any atom is 0.306 e. The van der Waals surface area contributed by atoms with Crippen LogP contribution in [0.1, 0.15) is 181 Å². The Balaban J connectivity index is 2.26. The molecule has 1 aliphatic heterocycles. The van der Waals surface area contributed by atoms with Crippen LogP contribution in [0.15, 0.2) is 60.8 Å². The largest absolute Gasteiger partial charge is 0.457 e. The van der Waals surface area contributed by atoms with Crippen LogP contribution in [0.3, 0.4) is 0 Å². The van der Waals surface area contributed by atoms with Crippen LogP contribution in [0.25, 0.3) is 0 Å². The Morgan fingerprint density at radius 2 is 1.05 bits per heavy atom. The van der Waals surface area contributed by atoms with Crippen LogP contribution in [-0.2, 0) is 23.7 Å². The Bertz CT molecular complexity index is 1070. The molecule has 1 aliphatic rings. The van der Waals surface area contributed by atoms with E-state index in [1.807, 2.05) is 0 Å². The van der Waals surface area contributed by atoms with Crippen LogP contribution in [0.4, 0.5) is 0 Å². The fourth-order valence-corrected chi connectivity index (χ4v) is 6.77. The molecule has 0 bridgehead atoms. The summed E-state index contributed by atoms with van der Waals surface area (Å²) < 4.78 is 22.8. The van der Waals surface area contributed by atoms with Crippen molar-refractivity contribution < 1.29 is 44.2 Å². The molecule has 58 heavy (non-hydrogen) atoms. The predicted molar refractivity (Wildman–Crippen MR) is 238 cm³/mol. The summed E-state index contributed by atoms with van der Waals surface area (Å²) in [5, 5.41) is 40.1. The number of carbonyl (C=O) groups is 1. The van der Waals surface area contributed by atoms with E-state index in [2.05, 4.69) is 74.6 Å². The van der Waals surface area contributed by atoms with Gasteiger partial charge in [0.1, 0.15) is 30.5 Å². The zero-order valence-corrected chi connectivity index (χ0v) is 36.8. The van der Waals surface area contributed by atoms with Gasteiger partial charge in [-0.15, -0.1) is 0 Å². The fourth-order valence-electron chi connectivity index (χ4n) is 6.77. The van der Waals surface area contributed by atoms with Crippen LogP contribution in [0.5, 0.6) is 0 Å². The molecule has 6 atom stereocenters. The van der Waals surface area contributed by atoms with Gasteiger partial charge in [-0.05, 0) is 77.0 Å². The number of hydrogen-bond donors (Lipinski definition) is 4. The van der Waals surface area contributed by atoms with Crippen LogP contribution in [0.2, 0.25) is 0 Å². The smallest absolute Gasteiger partial charge is 0.306 e. The highest BCUT2D eigenvalue weighted by Gasteiger charge is 2.44. The molecule has 0 aromatic rings. The van der Waals surface area contributed by atoms with E-state index in [0.29, 0.717) is 13.0 Å². The van der Waals surface area contributed by atoms with Crippen LogP contribution >= 0.6 is 0 Å². The Labute approximate surface area is 354 Å². The normalized spacial score (nSPS) is 20.8. The van der Waals surface area contributed by atoms with Crippen molar-refractivity contribution in [3.05, 3.63) is 60.8 Å². The topological polar surface area (TPSA) is 135 Å². The zero-order chi connectivity index (χ0) is 42.2. The van der Waals surface area contributed by atoms with Gasteiger partial charge in [-0.1, -0.05) is 158 Å². The number of unbranched alkanes of at least 4 members (excludes halogenated alkanes) is 18. The van der Waals surface area contributed by atoms with Gasteiger partial charge in [0.05, 0.1) is 19.8 Å². The second-order valence-corrected chi connectivity index (χ2v) is 15.8. The minimum atomic E-state index is -1.54. The average Bonchev–Trinajstić information content (AvgIpc) is 3.22. The molecule has 0 spiro atoms. The molecule has 1 fully saturated rings. The molecule has 0 radical (unpaired) electrons. The molecule has 1 saturated heterocycles. The lowest BCUT2D eigenvalue weighted by molar-refractivity contribution is -0.305. The Morgan fingerprint density at radius 3 is 1.59 bits per heavy atom. The predicted octanol–water partition coefficient (Wildman–Crippen LogP) is 10.7. The number of aliphatic hydroxyl groups excluding tert-OH is 4. The van der Waals surface area contributed by atoms with Crippen LogP contribution < -0.4 is 0 Å². The van der Waals surface area contributed by atoms with Crippen LogP contribution in [-0.4, -0.2) is 89.6 Å². The highest BCUT2D eigenvalue weighted by molar-refractivity contribution is 5.69. The molecule has 9 nitrogen and oxygen atoms in total. The number of rotatable bonds is 39. The quantitative estimate of drug-likeness (QED) is 0.0272. The molecule has 1 rings (SSSR count). The first-order valence-electron chi connectivity index (χ1n) is 23.4. The molecule has 0 aromatic carbocycles. The molecule has 0 aromatic heterocycles. The summed E-state index contributed by atoms with van der Waals surface area (Å²) in [7, 11) is 0. The van der Waals surface area contributed by atoms with E-state index in [9.17, 15) is 25.2 Å². The summed E-state index contributed by atoms with van der Waals surface area (Å²) in [5.41, 5.74) is 0. The van der Waals surface area contributed by atoms with Crippen molar-refractivity contribution in [2.75, 3.05) is 26.4 Å². The van der Waals surface area contributed by atoms with Gasteiger partial charge in [0, 0.05) is 13.0 Å².